The van der Waals surface area contributed by atoms with Crippen LogP contribution >= 0.6 is 11.3 Å². The number of nitrogens with one attached hydrogen (secondary N) is 2. The summed E-state index contributed by atoms with van der Waals surface area (Å²) in [6.45, 7) is 0.0706. The average molecular weight is 345 g/mol. The van der Waals surface area contributed by atoms with E-state index in [-0.39, 0.29) is 12.5 Å². The lowest BCUT2D eigenvalue weighted by atomic mass is 10.1. The number of nitrogens with two attached hydrogens (primary N) is 1. The second-order valence-electron chi connectivity index (χ2n) is 5.53. The number of aryl methyl sites for hydroxylation is 1. The van der Waals surface area contributed by atoms with Crippen LogP contribution in [0.2, 0.25) is 0 Å². The van der Waals surface area contributed by atoms with Gasteiger partial charge < -0.3 is 21.1 Å². The van der Waals surface area contributed by atoms with Crippen molar-refractivity contribution in [2.75, 3.05) is 24.3 Å². The zero-order valence-electron chi connectivity index (χ0n) is 13.3. The molecule has 3 rings (SSSR count). The van der Waals surface area contributed by atoms with Crippen molar-refractivity contribution in [2.45, 2.75) is 19.3 Å². The molecule has 0 radical (unpaired) electrons. The normalized spacial score (nSPS) is 12.5. The summed E-state index contributed by atoms with van der Waals surface area (Å²) in [6.07, 6.45) is 2.82. The topological polar surface area (TPSA) is 93.4 Å². The van der Waals surface area contributed by atoms with Gasteiger partial charge in [-0.1, -0.05) is 12.1 Å². The number of hydrogen-bond donors (Lipinski definition) is 3. The molecule has 24 heavy (non-hydrogen) atoms. The van der Waals surface area contributed by atoms with Crippen LogP contribution in [0.4, 0.5) is 10.7 Å². The van der Waals surface area contributed by atoms with E-state index in [0.717, 1.165) is 35.4 Å². The number of fused-ring (bicyclic) bond motifs is 1. The van der Waals surface area contributed by atoms with Crippen molar-refractivity contribution in [2.24, 2.45) is 5.73 Å². The Kier molecular flexibility index (Phi) is 4.71. The Bertz CT molecular complexity index is 785. The number of benzene rings is 1. The van der Waals surface area contributed by atoms with Gasteiger partial charge in [-0.2, -0.15) is 0 Å². The quantitative estimate of drug-likeness (QED) is 0.749. The minimum Gasteiger partial charge on any atom is -0.495 e. The average Bonchev–Trinajstić information content (AvgIpc) is 3.13. The minimum atomic E-state index is -0.484. The van der Waals surface area contributed by atoms with Crippen molar-refractivity contribution in [3.05, 3.63) is 40.3 Å². The number of anilines is 2. The predicted molar refractivity (Wildman–Crippen MR) is 95.0 cm³/mol. The van der Waals surface area contributed by atoms with Crippen molar-refractivity contribution in [1.29, 1.82) is 0 Å². The molecule has 0 bridgehead atoms. The van der Waals surface area contributed by atoms with Gasteiger partial charge in [0.05, 0.1) is 24.9 Å². The second kappa shape index (κ2) is 6.92. The fourth-order valence-corrected chi connectivity index (χ4v) is 4.20. The molecule has 1 aliphatic rings. The van der Waals surface area contributed by atoms with Gasteiger partial charge in [-0.05, 0) is 37.0 Å². The molecule has 0 saturated heterocycles. The first kappa shape index (κ1) is 16.3. The molecule has 1 heterocycles. The standard InChI is InChI=1S/C17H19N3O3S/c1-23-12-7-3-2-6-11(12)19-9-14(21)20-17-15(16(18)22)10-5-4-8-13(10)24-17/h2-3,6-7,19H,4-5,8-9H2,1H3,(H2,18,22)(H,20,21). The number of thiophene rings is 1. The maximum absolute atomic E-state index is 12.2. The van der Waals surface area contributed by atoms with Gasteiger partial charge in [0.2, 0.25) is 5.91 Å². The molecule has 126 valence electrons. The van der Waals surface area contributed by atoms with Crippen LogP contribution in [0.15, 0.2) is 24.3 Å². The summed E-state index contributed by atoms with van der Waals surface area (Å²) in [5.41, 5.74) is 7.70. The van der Waals surface area contributed by atoms with E-state index in [1.807, 2.05) is 24.3 Å². The minimum absolute atomic E-state index is 0.0706. The van der Waals surface area contributed by atoms with Crippen LogP contribution in [0.25, 0.3) is 0 Å². The van der Waals surface area contributed by atoms with E-state index in [4.69, 9.17) is 10.5 Å². The SMILES string of the molecule is COc1ccccc1NCC(=O)Nc1sc2c(c1C(N)=O)CCC2. The molecule has 1 aliphatic carbocycles. The molecular weight excluding hydrogens is 326 g/mol. The summed E-state index contributed by atoms with van der Waals surface area (Å²) in [6, 6.07) is 7.37. The van der Waals surface area contributed by atoms with Crippen molar-refractivity contribution < 1.29 is 14.3 Å². The van der Waals surface area contributed by atoms with Crippen LogP contribution in [-0.2, 0) is 17.6 Å². The van der Waals surface area contributed by atoms with Crippen molar-refractivity contribution in [3.8, 4) is 5.75 Å². The van der Waals surface area contributed by atoms with Crippen LogP contribution in [-0.4, -0.2) is 25.5 Å². The van der Waals surface area contributed by atoms with E-state index >= 15 is 0 Å². The van der Waals surface area contributed by atoms with E-state index in [1.165, 1.54) is 11.3 Å². The zero-order chi connectivity index (χ0) is 17.1. The molecule has 0 spiro atoms. The molecular formula is C17H19N3O3S. The summed E-state index contributed by atoms with van der Waals surface area (Å²) in [5.74, 6) is -0.0519. The summed E-state index contributed by atoms with van der Waals surface area (Å²) < 4.78 is 5.23. The Hall–Kier alpha value is -2.54. The van der Waals surface area contributed by atoms with Gasteiger partial charge in [-0.15, -0.1) is 11.3 Å². The summed E-state index contributed by atoms with van der Waals surface area (Å²) in [4.78, 5) is 25.1. The molecule has 2 aromatic rings. The molecule has 4 N–H and O–H groups in total. The van der Waals surface area contributed by atoms with Gasteiger partial charge in [0.25, 0.3) is 5.91 Å². The number of ether oxygens (including phenoxy) is 1. The largest absolute Gasteiger partial charge is 0.495 e. The first-order chi connectivity index (χ1) is 11.6. The maximum Gasteiger partial charge on any atom is 0.251 e. The number of hydrogen-bond acceptors (Lipinski definition) is 5. The highest BCUT2D eigenvalue weighted by molar-refractivity contribution is 7.17. The van der Waals surface area contributed by atoms with Gasteiger partial charge in [-0.3, -0.25) is 9.59 Å². The Morgan fingerprint density at radius 2 is 2.08 bits per heavy atom. The number of rotatable bonds is 6. The van der Waals surface area contributed by atoms with Crippen LogP contribution in [0.5, 0.6) is 5.75 Å². The molecule has 1 aromatic heterocycles. The van der Waals surface area contributed by atoms with Gasteiger partial charge in [0.15, 0.2) is 0 Å². The first-order valence-corrected chi connectivity index (χ1v) is 8.53. The molecule has 1 aromatic carbocycles. The highest BCUT2D eigenvalue weighted by atomic mass is 32.1. The highest BCUT2D eigenvalue weighted by Gasteiger charge is 2.26. The molecule has 0 aliphatic heterocycles. The maximum atomic E-state index is 12.2. The van der Waals surface area contributed by atoms with Crippen LogP contribution < -0.4 is 21.1 Å². The van der Waals surface area contributed by atoms with E-state index in [2.05, 4.69) is 10.6 Å². The van der Waals surface area contributed by atoms with E-state index in [1.54, 1.807) is 7.11 Å². The zero-order valence-corrected chi connectivity index (χ0v) is 14.2. The fraction of sp³-hybridized carbons (Fsp3) is 0.294. The van der Waals surface area contributed by atoms with Gasteiger partial charge in [0.1, 0.15) is 10.8 Å². The Morgan fingerprint density at radius 1 is 1.29 bits per heavy atom. The van der Waals surface area contributed by atoms with E-state index < -0.39 is 5.91 Å². The third-order valence-corrected chi connectivity index (χ3v) is 5.17. The number of methoxy groups -OCH3 is 1. The highest BCUT2D eigenvalue weighted by Crippen LogP contribution is 2.38. The summed E-state index contributed by atoms with van der Waals surface area (Å²) >= 11 is 1.45. The predicted octanol–water partition coefficient (Wildman–Crippen LogP) is 2.39. The van der Waals surface area contributed by atoms with Crippen LogP contribution in [0.1, 0.15) is 27.2 Å². The number of carbonyl (C=O) groups excluding carboxylic acids is 2. The van der Waals surface area contributed by atoms with Gasteiger partial charge in [-0.25, -0.2) is 0 Å². The van der Waals surface area contributed by atoms with Gasteiger partial charge in [0, 0.05) is 4.88 Å². The van der Waals surface area contributed by atoms with Gasteiger partial charge >= 0.3 is 0 Å². The van der Waals surface area contributed by atoms with Crippen LogP contribution in [0.3, 0.4) is 0 Å². The first-order valence-electron chi connectivity index (χ1n) is 7.71. The number of para-hydroxylation sites is 2. The third kappa shape index (κ3) is 3.21. The molecule has 6 nitrogen and oxygen atoms in total. The van der Waals surface area contributed by atoms with Crippen molar-refractivity contribution >= 4 is 33.8 Å². The third-order valence-electron chi connectivity index (χ3n) is 3.97. The molecule has 2 amide bonds. The number of carbonyl (C=O) groups is 2. The molecule has 7 heteroatoms. The van der Waals surface area contributed by atoms with E-state index in [0.29, 0.717) is 16.3 Å². The lowest BCUT2D eigenvalue weighted by molar-refractivity contribution is -0.114. The number of primary amides is 1. The molecule has 0 fully saturated rings. The Morgan fingerprint density at radius 3 is 2.83 bits per heavy atom. The Balaban J connectivity index is 1.69. The number of amides is 2. The van der Waals surface area contributed by atoms with Crippen molar-refractivity contribution in [1.82, 2.24) is 0 Å². The molecule has 0 unspecified atom stereocenters. The smallest absolute Gasteiger partial charge is 0.251 e. The van der Waals surface area contributed by atoms with Crippen molar-refractivity contribution in [3.63, 3.8) is 0 Å². The fourth-order valence-electron chi connectivity index (χ4n) is 2.89. The monoisotopic (exact) mass is 345 g/mol. The van der Waals surface area contributed by atoms with E-state index in [9.17, 15) is 9.59 Å². The summed E-state index contributed by atoms with van der Waals surface area (Å²) in [7, 11) is 1.58. The summed E-state index contributed by atoms with van der Waals surface area (Å²) in [5, 5.41) is 6.39. The molecule has 0 atom stereocenters. The second-order valence-corrected chi connectivity index (χ2v) is 6.63. The lowest BCUT2D eigenvalue weighted by Crippen LogP contribution is -2.23. The van der Waals surface area contributed by atoms with Crippen LogP contribution in [0, 0.1) is 0 Å². The molecule has 0 saturated carbocycles. The Labute approximate surface area is 144 Å². The lowest BCUT2D eigenvalue weighted by Gasteiger charge is -2.11.